The number of hydrogen-bond donors (Lipinski definition) is 0. The van der Waals surface area contributed by atoms with Crippen LogP contribution in [0.2, 0.25) is 0 Å². The van der Waals surface area contributed by atoms with E-state index in [-0.39, 0.29) is 0 Å². The van der Waals surface area contributed by atoms with Crippen molar-refractivity contribution in [3.05, 3.63) is 146 Å². The van der Waals surface area contributed by atoms with Gasteiger partial charge in [-0.15, -0.1) is 10.2 Å². The number of aromatic nitrogens is 4. The standard InChI is InChI=1S/C38H24N4/c1-3-11-25(12-4-1)33-19-20-38(40-39-33)42-35-18-10-8-16-30(35)32-22-26-21-31-29-15-7-9-17-34(29)41(28-13-5-2-6-14-28)36(31)23-27(26)24-37(32)42/h1-24H. The van der Waals surface area contributed by atoms with Gasteiger partial charge in [-0.2, -0.15) is 0 Å². The predicted molar refractivity (Wildman–Crippen MR) is 174 cm³/mol. The molecule has 0 unspecified atom stereocenters. The second-order valence-corrected chi connectivity index (χ2v) is 10.8. The molecule has 0 saturated carbocycles. The zero-order chi connectivity index (χ0) is 27.6. The lowest BCUT2D eigenvalue weighted by Gasteiger charge is -2.09. The lowest BCUT2D eigenvalue weighted by molar-refractivity contribution is 0.958. The maximum Gasteiger partial charge on any atom is 0.160 e. The van der Waals surface area contributed by atoms with Crippen molar-refractivity contribution in [2.45, 2.75) is 0 Å². The van der Waals surface area contributed by atoms with Gasteiger partial charge in [0, 0.05) is 32.8 Å². The zero-order valence-corrected chi connectivity index (χ0v) is 22.6. The number of rotatable bonds is 3. The minimum Gasteiger partial charge on any atom is -0.309 e. The number of para-hydroxylation sites is 3. The molecule has 0 fully saturated rings. The molecule has 9 rings (SSSR count). The van der Waals surface area contributed by atoms with Crippen molar-refractivity contribution in [1.82, 2.24) is 19.3 Å². The highest BCUT2D eigenvalue weighted by molar-refractivity contribution is 6.18. The molecular weight excluding hydrogens is 512 g/mol. The van der Waals surface area contributed by atoms with E-state index in [1.807, 2.05) is 18.2 Å². The van der Waals surface area contributed by atoms with E-state index in [4.69, 9.17) is 5.10 Å². The van der Waals surface area contributed by atoms with Crippen LogP contribution < -0.4 is 0 Å². The summed E-state index contributed by atoms with van der Waals surface area (Å²) in [4.78, 5) is 0. The third-order valence-corrected chi connectivity index (χ3v) is 8.38. The monoisotopic (exact) mass is 536 g/mol. The molecule has 0 spiro atoms. The SMILES string of the molecule is c1ccc(-c2ccc(-n3c4ccccc4c4cc5cc6c7ccccc7n(-c7ccccc7)c6cc5cc43)nn2)cc1. The summed E-state index contributed by atoms with van der Waals surface area (Å²) >= 11 is 0. The molecule has 0 N–H and O–H groups in total. The number of benzene rings is 6. The highest BCUT2D eigenvalue weighted by Gasteiger charge is 2.17. The van der Waals surface area contributed by atoms with Gasteiger partial charge < -0.3 is 4.57 Å². The van der Waals surface area contributed by atoms with Gasteiger partial charge in [0.05, 0.1) is 27.8 Å². The molecule has 4 nitrogen and oxygen atoms in total. The molecule has 3 aromatic heterocycles. The van der Waals surface area contributed by atoms with E-state index in [1.165, 1.54) is 43.4 Å². The number of hydrogen-bond acceptors (Lipinski definition) is 2. The van der Waals surface area contributed by atoms with Crippen LogP contribution >= 0.6 is 0 Å². The summed E-state index contributed by atoms with van der Waals surface area (Å²) in [6, 6.07) is 51.5. The highest BCUT2D eigenvalue weighted by Crippen LogP contribution is 2.39. The lowest BCUT2D eigenvalue weighted by Crippen LogP contribution is -2.00. The molecule has 0 aliphatic carbocycles. The van der Waals surface area contributed by atoms with E-state index in [9.17, 15) is 0 Å². The smallest absolute Gasteiger partial charge is 0.160 e. The van der Waals surface area contributed by atoms with Crippen molar-refractivity contribution >= 4 is 54.4 Å². The fourth-order valence-electron chi connectivity index (χ4n) is 6.49. The molecule has 0 radical (unpaired) electrons. The first-order valence-electron chi connectivity index (χ1n) is 14.2. The van der Waals surface area contributed by atoms with E-state index >= 15 is 0 Å². The Morgan fingerprint density at radius 2 is 0.929 bits per heavy atom. The molecule has 4 heteroatoms. The molecule has 0 amide bonds. The van der Waals surface area contributed by atoms with Crippen molar-refractivity contribution in [3.8, 4) is 22.8 Å². The van der Waals surface area contributed by atoms with Crippen LogP contribution in [-0.4, -0.2) is 19.3 Å². The highest BCUT2D eigenvalue weighted by atomic mass is 15.2. The van der Waals surface area contributed by atoms with Crippen LogP contribution in [0.25, 0.3) is 77.1 Å². The van der Waals surface area contributed by atoms with Gasteiger partial charge in [0.15, 0.2) is 5.82 Å². The van der Waals surface area contributed by atoms with Gasteiger partial charge in [0.25, 0.3) is 0 Å². The Balaban J connectivity index is 1.33. The van der Waals surface area contributed by atoms with E-state index < -0.39 is 0 Å². The lowest BCUT2D eigenvalue weighted by atomic mass is 10.0. The van der Waals surface area contributed by atoms with Crippen LogP contribution in [0.15, 0.2) is 146 Å². The molecule has 0 atom stereocenters. The van der Waals surface area contributed by atoms with E-state index in [1.54, 1.807) is 0 Å². The summed E-state index contributed by atoms with van der Waals surface area (Å²) in [5.41, 5.74) is 7.73. The summed E-state index contributed by atoms with van der Waals surface area (Å²) in [6.07, 6.45) is 0. The Morgan fingerprint density at radius 3 is 1.57 bits per heavy atom. The average Bonchev–Trinajstić information content (AvgIpc) is 3.55. The van der Waals surface area contributed by atoms with Gasteiger partial charge in [-0.05, 0) is 71.4 Å². The van der Waals surface area contributed by atoms with Gasteiger partial charge >= 0.3 is 0 Å². The van der Waals surface area contributed by atoms with E-state index in [0.29, 0.717) is 0 Å². The molecule has 6 aromatic carbocycles. The Bertz CT molecular complexity index is 2430. The summed E-state index contributed by atoms with van der Waals surface area (Å²) < 4.78 is 4.61. The van der Waals surface area contributed by atoms with Crippen molar-refractivity contribution < 1.29 is 0 Å². The minimum absolute atomic E-state index is 0.805. The van der Waals surface area contributed by atoms with Crippen LogP contribution in [-0.2, 0) is 0 Å². The van der Waals surface area contributed by atoms with Crippen molar-refractivity contribution in [2.24, 2.45) is 0 Å². The fraction of sp³-hybridized carbons (Fsp3) is 0. The summed E-state index contributed by atoms with van der Waals surface area (Å²) in [6.45, 7) is 0. The second kappa shape index (κ2) is 8.88. The van der Waals surface area contributed by atoms with Crippen molar-refractivity contribution in [1.29, 1.82) is 0 Å². The predicted octanol–water partition coefficient (Wildman–Crippen LogP) is 9.49. The van der Waals surface area contributed by atoms with E-state index in [2.05, 4.69) is 142 Å². The Hall–Kier alpha value is -5.74. The van der Waals surface area contributed by atoms with Gasteiger partial charge in [0.1, 0.15) is 0 Å². The summed E-state index contributed by atoms with van der Waals surface area (Å²) in [5.74, 6) is 0.805. The Morgan fingerprint density at radius 1 is 0.381 bits per heavy atom. The minimum atomic E-state index is 0.805. The Kier molecular flexibility index (Phi) is 4.87. The normalized spacial score (nSPS) is 11.8. The molecule has 9 aromatic rings. The molecule has 0 saturated heterocycles. The molecular formula is C38H24N4. The van der Waals surface area contributed by atoms with Gasteiger partial charge in [-0.25, -0.2) is 0 Å². The quantitative estimate of drug-likeness (QED) is 0.225. The topological polar surface area (TPSA) is 35.6 Å². The molecule has 196 valence electrons. The second-order valence-electron chi connectivity index (χ2n) is 10.8. The van der Waals surface area contributed by atoms with Crippen molar-refractivity contribution in [3.63, 3.8) is 0 Å². The van der Waals surface area contributed by atoms with Crippen LogP contribution in [0.1, 0.15) is 0 Å². The maximum absolute atomic E-state index is 4.72. The number of nitrogens with zero attached hydrogens (tertiary/aromatic N) is 4. The largest absolute Gasteiger partial charge is 0.309 e. The molecule has 0 bridgehead atoms. The van der Waals surface area contributed by atoms with E-state index in [0.717, 1.165) is 33.8 Å². The molecule has 42 heavy (non-hydrogen) atoms. The summed E-state index contributed by atoms with van der Waals surface area (Å²) in [7, 11) is 0. The van der Waals surface area contributed by atoms with Crippen LogP contribution in [0.5, 0.6) is 0 Å². The molecule has 0 aliphatic heterocycles. The van der Waals surface area contributed by atoms with Crippen LogP contribution in [0, 0.1) is 0 Å². The third kappa shape index (κ3) is 3.36. The van der Waals surface area contributed by atoms with Crippen molar-refractivity contribution in [2.75, 3.05) is 0 Å². The molecule has 3 heterocycles. The average molecular weight is 537 g/mol. The van der Waals surface area contributed by atoms with Crippen LogP contribution in [0.4, 0.5) is 0 Å². The van der Waals surface area contributed by atoms with Gasteiger partial charge in [-0.3, -0.25) is 4.57 Å². The third-order valence-electron chi connectivity index (χ3n) is 8.38. The molecule has 0 aliphatic rings. The Labute approximate surface area is 241 Å². The number of fused-ring (bicyclic) bond motifs is 7. The fourth-order valence-corrected chi connectivity index (χ4v) is 6.49. The zero-order valence-electron chi connectivity index (χ0n) is 22.6. The van der Waals surface area contributed by atoms with Gasteiger partial charge in [0.2, 0.25) is 0 Å². The first-order chi connectivity index (χ1) is 20.8. The first kappa shape index (κ1) is 23.0. The first-order valence-corrected chi connectivity index (χ1v) is 14.2. The van der Waals surface area contributed by atoms with Crippen LogP contribution in [0.3, 0.4) is 0 Å². The summed E-state index contributed by atoms with van der Waals surface area (Å²) in [5, 5.41) is 16.7. The van der Waals surface area contributed by atoms with Gasteiger partial charge in [-0.1, -0.05) is 84.9 Å². The maximum atomic E-state index is 4.72.